The van der Waals surface area contributed by atoms with Gasteiger partial charge in [0.2, 0.25) is 5.91 Å². The summed E-state index contributed by atoms with van der Waals surface area (Å²) in [5.74, 6) is 0.419. The minimum absolute atomic E-state index is 0.125. The third kappa shape index (κ3) is 2.25. The lowest BCUT2D eigenvalue weighted by atomic mass is 9.83. The SMILES string of the molecule is COCc1ccc2c(c1COC)CC1CC(=O)NC1=C2. The summed E-state index contributed by atoms with van der Waals surface area (Å²) in [6.45, 7) is 1.17. The van der Waals surface area contributed by atoms with Gasteiger partial charge >= 0.3 is 0 Å². The normalized spacial score (nSPS) is 20.2. The topological polar surface area (TPSA) is 47.6 Å². The predicted octanol–water partition coefficient (Wildman–Crippen LogP) is 2.01. The number of ether oxygens (including phenoxy) is 2. The number of hydrogen-bond donors (Lipinski definition) is 1. The molecule has 4 nitrogen and oxygen atoms in total. The summed E-state index contributed by atoms with van der Waals surface area (Å²) in [6.07, 6.45) is 3.59. The molecule has 0 aromatic heterocycles. The zero-order chi connectivity index (χ0) is 14.1. The molecule has 1 aromatic rings. The van der Waals surface area contributed by atoms with Crippen LogP contribution in [0.25, 0.3) is 6.08 Å². The molecule has 3 rings (SSSR count). The number of amides is 1. The first-order valence-electron chi connectivity index (χ1n) is 6.86. The van der Waals surface area contributed by atoms with Crippen molar-refractivity contribution in [1.29, 1.82) is 0 Å². The highest BCUT2D eigenvalue weighted by atomic mass is 16.5. The average molecular weight is 273 g/mol. The molecule has 1 aromatic carbocycles. The number of fused-ring (bicyclic) bond motifs is 2. The molecule has 106 valence electrons. The summed E-state index contributed by atoms with van der Waals surface area (Å²) in [4.78, 5) is 11.5. The fraction of sp³-hybridized carbons (Fsp3) is 0.438. The Bertz CT molecular complexity index is 577. The van der Waals surface area contributed by atoms with Crippen molar-refractivity contribution in [3.63, 3.8) is 0 Å². The van der Waals surface area contributed by atoms with Crippen LogP contribution in [0, 0.1) is 5.92 Å². The van der Waals surface area contributed by atoms with E-state index < -0.39 is 0 Å². The van der Waals surface area contributed by atoms with Gasteiger partial charge in [-0.3, -0.25) is 4.79 Å². The maximum atomic E-state index is 11.5. The second kappa shape index (κ2) is 5.38. The van der Waals surface area contributed by atoms with Crippen molar-refractivity contribution < 1.29 is 14.3 Å². The first-order chi connectivity index (χ1) is 9.72. The van der Waals surface area contributed by atoms with E-state index in [4.69, 9.17) is 9.47 Å². The average Bonchev–Trinajstić information content (AvgIpc) is 2.78. The molecular formula is C16H19NO3. The van der Waals surface area contributed by atoms with E-state index in [1.54, 1.807) is 14.2 Å². The number of rotatable bonds is 4. The van der Waals surface area contributed by atoms with Gasteiger partial charge in [0, 0.05) is 32.3 Å². The second-order valence-corrected chi connectivity index (χ2v) is 5.39. The summed E-state index contributed by atoms with van der Waals surface area (Å²) >= 11 is 0. The van der Waals surface area contributed by atoms with Crippen LogP contribution in [0.3, 0.4) is 0 Å². The van der Waals surface area contributed by atoms with E-state index >= 15 is 0 Å². The third-order valence-electron chi connectivity index (χ3n) is 4.07. The lowest BCUT2D eigenvalue weighted by Gasteiger charge is -2.24. The summed E-state index contributed by atoms with van der Waals surface area (Å²) < 4.78 is 10.6. The number of nitrogens with one attached hydrogen (secondary N) is 1. The number of allylic oxidation sites excluding steroid dienone is 1. The monoisotopic (exact) mass is 273 g/mol. The molecule has 0 bridgehead atoms. The first kappa shape index (κ1) is 13.3. The highest BCUT2D eigenvalue weighted by Crippen LogP contribution is 2.35. The van der Waals surface area contributed by atoms with Crippen LogP contribution in [0.5, 0.6) is 0 Å². The fourth-order valence-corrected chi connectivity index (χ4v) is 3.15. The Morgan fingerprint density at radius 2 is 2.00 bits per heavy atom. The van der Waals surface area contributed by atoms with Gasteiger partial charge in [0.25, 0.3) is 0 Å². The number of carbonyl (C=O) groups is 1. The smallest absolute Gasteiger partial charge is 0.224 e. The van der Waals surface area contributed by atoms with Gasteiger partial charge in [-0.15, -0.1) is 0 Å². The fourth-order valence-electron chi connectivity index (χ4n) is 3.15. The Kier molecular flexibility index (Phi) is 3.59. The van der Waals surface area contributed by atoms with Gasteiger partial charge in [0.15, 0.2) is 0 Å². The van der Waals surface area contributed by atoms with Crippen LogP contribution in [0.15, 0.2) is 17.8 Å². The van der Waals surface area contributed by atoms with Crippen LogP contribution >= 0.6 is 0 Å². The number of hydrogen-bond acceptors (Lipinski definition) is 3. The van der Waals surface area contributed by atoms with Crippen LogP contribution < -0.4 is 5.32 Å². The maximum Gasteiger partial charge on any atom is 0.224 e. The molecule has 0 saturated carbocycles. The van der Waals surface area contributed by atoms with Crippen LogP contribution in [0.4, 0.5) is 0 Å². The quantitative estimate of drug-likeness (QED) is 0.913. The van der Waals surface area contributed by atoms with E-state index in [1.165, 1.54) is 22.3 Å². The number of benzene rings is 1. The second-order valence-electron chi connectivity index (χ2n) is 5.39. The first-order valence-corrected chi connectivity index (χ1v) is 6.86. The largest absolute Gasteiger partial charge is 0.380 e. The molecule has 1 atom stereocenters. The summed E-state index contributed by atoms with van der Waals surface area (Å²) in [7, 11) is 3.41. The summed E-state index contributed by atoms with van der Waals surface area (Å²) in [6, 6.07) is 4.20. The molecule has 0 spiro atoms. The Morgan fingerprint density at radius 1 is 1.20 bits per heavy atom. The highest BCUT2D eigenvalue weighted by Gasteiger charge is 2.31. The van der Waals surface area contributed by atoms with E-state index in [1.807, 2.05) is 0 Å². The number of carbonyl (C=O) groups excluding carboxylic acids is 1. The van der Waals surface area contributed by atoms with E-state index in [2.05, 4.69) is 23.5 Å². The molecule has 1 aliphatic heterocycles. The molecule has 1 fully saturated rings. The van der Waals surface area contributed by atoms with Crippen molar-refractivity contribution in [1.82, 2.24) is 5.32 Å². The van der Waals surface area contributed by atoms with Crippen LogP contribution in [-0.2, 0) is 33.9 Å². The molecule has 1 N–H and O–H groups in total. The van der Waals surface area contributed by atoms with Crippen LogP contribution in [0.2, 0.25) is 0 Å². The lowest BCUT2D eigenvalue weighted by Crippen LogP contribution is -2.17. The zero-order valence-corrected chi connectivity index (χ0v) is 11.9. The molecule has 1 amide bonds. The predicted molar refractivity (Wildman–Crippen MR) is 75.8 cm³/mol. The molecule has 2 aliphatic rings. The standard InChI is InChI=1S/C16H19NO3/c1-19-8-11-4-3-10-6-15-12(7-16(18)17-15)5-13(10)14(11)9-20-2/h3-4,6,12H,5,7-9H2,1-2H3,(H,17,18). The molecule has 20 heavy (non-hydrogen) atoms. The van der Waals surface area contributed by atoms with Gasteiger partial charge in [0.05, 0.1) is 13.2 Å². The summed E-state index contributed by atoms with van der Waals surface area (Å²) in [5, 5.41) is 2.95. The van der Waals surface area contributed by atoms with Crippen molar-refractivity contribution >= 4 is 12.0 Å². The van der Waals surface area contributed by atoms with Crippen LogP contribution in [0.1, 0.15) is 28.7 Å². The van der Waals surface area contributed by atoms with Crippen molar-refractivity contribution in [2.75, 3.05) is 14.2 Å². The molecule has 0 radical (unpaired) electrons. The van der Waals surface area contributed by atoms with Crippen molar-refractivity contribution in [3.05, 3.63) is 40.1 Å². The van der Waals surface area contributed by atoms with Gasteiger partial charge in [-0.1, -0.05) is 12.1 Å². The van der Waals surface area contributed by atoms with E-state index in [9.17, 15) is 4.79 Å². The maximum absolute atomic E-state index is 11.5. The Balaban J connectivity index is 2.03. The molecular weight excluding hydrogens is 254 g/mol. The Morgan fingerprint density at radius 3 is 2.75 bits per heavy atom. The third-order valence-corrected chi connectivity index (χ3v) is 4.07. The minimum atomic E-state index is 0.125. The van der Waals surface area contributed by atoms with Gasteiger partial charge in [-0.05, 0) is 34.8 Å². The lowest BCUT2D eigenvalue weighted by molar-refractivity contribution is -0.119. The molecule has 1 saturated heterocycles. The molecule has 4 heteroatoms. The molecule has 1 unspecified atom stereocenters. The van der Waals surface area contributed by atoms with Gasteiger partial charge in [-0.25, -0.2) is 0 Å². The highest BCUT2D eigenvalue weighted by molar-refractivity contribution is 5.84. The van der Waals surface area contributed by atoms with Crippen LogP contribution in [-0.4, -0.2) is 20.1 Å². The van der Waals surface area contributed by atoms with E-state index in [0.29, 0.717) is 25.6 Å². The Hall–Kier alpha value is -1.65. The van der Waals surface area contributed by atoms with Crippen molar-refractivity contribution in [2.45, 2.75) is 26.1 Å². The molecule has 1 aliphatic carbocycles. The minimum Gasteiger partial charge on any atom is -0.380 e. The van der Waals surface area contributed by atoms with E-state index in [-0.39, 0.29) is 5.91 Å². The van der Waals surface area contributed by atoms with Gasteiger partial charge in [0.1, 0.15) is 0 Å². The van der Waals surface area contributed by atoms with E-state index in [0.717, 1.165) is 12.1 Å². The molecule has 1 heterocycles. The van der Waals surface area contributed by atoms with Gasteiger partial charge < -0.3 is 14.8 Å². The van der Waals surface area contributed by atoms with Gasteiger partial charge in [-0.2, -0.15) is 0 Å². The summed E-state index contributed by atoms with van der Waals surface area (Å²) in [5.41, 5.74) is 5.92. The van der Waals surface area contributed by atoms with Crippen molar-refractivity contribution in [2.24, 2.45) is 5.92 Å². The van der Waals surface area contributed by atoms with Crippen molar-refractivity contribution in [3.8, 4) is 0 Å². The zero-order valence-electron chi connectivity index (χ0n) is 11.9. The number of methoxy groups -OCH3 is 2. The Labute approximate surface area is 118 Å².